The van der Waals surface area contributed by atoms with Crippen LogP contribution < -0.4 is 0 Å². The number of rotatable bonds is 13. The maximum atomic E-state index is 13.3. The van der Waals surface area contributed by atoms with Crippen LogP contribution in [-0.4, -0.2) is 90.5 Å². The Bertz CT molecular complexity index is 1750. The molecular formula is C45H52O11. The number of aliphatic hydroxyl groups excluding tert-OH is 2. The SMILES string of the molecule is CC1(C)O[C@H]2[C@H](OCc3ccccc3)O[C@H](CO[C@H]3O[C@H](COC(c4ccccc4)(c4ccccc4)c4ccccc4)[C@@H](OC(=O)C(C)(C)C)[C@@H](O)[C@@H]3O)[C@H]2O1. The molecule has 3 aliphatic heterocycles. The lowest BCUT2D eigenvalue weighted by molar-refractivity contribution is -0.316. The quantitative estimate of drug-likeness (QED) is 0.125. The summed E-state index contributed by atoms with van der Waals surface area (Å²) in [5.74, 6) is -1.46. The minimum absolute atomic E-state index is 0.0950. The number of esters is 1. The third kappa shape index (κ3) is 8.62. The van der Waals surface area contributed by atoms with Crippen LogP contribution in [0.1, 0.15) is 56.9 Å². The molecule has 4 aromatic carbocycles. The Kier molecular flexibility index (Phi) is 12.1. The molecule has 0 amide bonds. The molecule has 0 aliphatic carbocycles. The van der Waals surface area contributed by atoms with Crippen molar-refractivity contribution < 1.29 is 52.9 Å². The average molecular weight is 769 g/mol. The number of carbonyl (C=O) groups excluding carboxylic acids is 1. The lowest BCUT2D eigenvalue weighted by Crippen LogP contribution is -2.61. The van der Waals surface area contributed by atoms with Crippen molar-refractivity contribution in [1.82, 2.24) is 0 Å². The van der Waals surface area contributed by atoms with Gasteiger partial charge in [-0.1, -0.05) is 121 Å². The smallest absolute Gasteiger partial charge is 0.311 e. The van der Waals surface area contributed by atoms with Gasteiger partial charge in [-0.15, -0.1) is 0 Å². The number of fused-ring (bicyclic) bond motifs is 1. The van der Waals surface area contributed by atoms with Crippen LogP contribution in [0, 0.1) is 5.41 Å². The zero-order valence-corrected chi connectivity index (χ0v) is 32.4. The van der Waals surface area contributed by atoms with Gasteiger partial charge in [-0.05, 0) is 56.9 Å². The van der Waals surface area contributed by atoms with Crippen molar-refractivity contribution in [3.05, 3.63) is 144 Å². The summed E-state index contributed by atoms with van der Waals surface area (Å²) >= 11 is 0. The second-order valence-electron chi connectivity index (χ2n) is 16.0. The van der Waals surface area contributed by atoms with E-state index in [4.69, 9.17) is 37.9 Å². The molecule has 3 saturated heterocycles. The van der Waals surface area contributed by atoms with Crippen LogP contribution >= 0.6 is 0 Å². The van der Waals surface area contributed by atoms with Crippen molar-refractivity contribution in [1.29, 1.82) is 0 Å². The first-order chi connectivity index (χ1) is 26.9. The Labute approximate surface area is 328 Å². The van der Waals surface area contributed by atoms with Crippen LogP contribution in [-0.2, 0) is 54.9 Å². The Morgan fingerprint density at radius 3 is 1.68 bits per heavy atom. The van der Waals surface area contributed by atoms with Crippen LogP contribution in [0.4, 0.5) is 0 Å². The maximum Gasteiger partial charge on any atom is 0.311 e. The highest BCUT2D eigenvalue weighted by Crippen LogP contribution is 2.42. The first-order valence-electron chi connectivity index (χ1n) is 19.2. The van der Waals surface area contributed by atoms with Crippen molar-refractivity contribution in [3.63, 3.8) is 0 Å². The summed E-state index contributed by atoms with van der Waals surface area (Å²) < 4.78 is 50.5. The normalized spacial score (nSPS) is 28.8. The standard InChI is InChI=1S/C45H52O11/c1-43(2,3)42(48)54-37-34(28-51-45(30-20-12-7-13-21-30,31-22-14-8-15-23-31)32-24-16-9-17-25-32)52-40(36(47)35(37)46)50-27-33-38-39(56-44(4,5)55-38)41(53-33)49-26-29-18-10-6-11-19-29/h6-25,33-41,46-47H,26-28H2,1-5H3/t33-,34-,35+,36+,37-,38-,39-,40+,41-/m1/s1. The molecule has 3 heterocycles. The highest BCUT2D eigenvalue weighted by Gasteiger charge is 2.57. The molecule has 4 aromatic rings. The fraction of sp³-hybridized carbons (Fsp3) is 0.444. The largest absolute Gasteiger partial charge is 0.456 e. The Morgan fingerprint density at radius 1 is 0.643 bits per heavy atom. The van der Waals surface area contributed by atoms with E-state index in [0.717, 1.165) is 22.3 Å². The molecule has 0 saturated carbocycles. The van der Waals surface area contributed by atoms with E-state index >= 15 is 0 Å². The third-order valence-corrected chi connectivity index (χ3v) is 10.3. The summed E-state index contributed by atoms with van der Waals surface area (Å²) in [4.78, 5) is 13.3. The summed E-state index contributed by atoms with van der Waals surface area (Å²) in [6.45, 7) is 8.83. The third-order valence-electron chi connectivity index (χ3n) is 10.3. The van der Waals surface area contributed by atoms with Crippen molar-refractivity contribution in [2.75, 3.05) is 13.2 Å². The lowest BCUT2D eigenvalue weighted by Gasteiger charge is -2.44. The van der Waals surface area contributed by atoms with Gasteiger partial charge in [-0.25, -0.2) is 0 Å². The Morgan fingerprint density at radius 2 is 1.14 bits per heavy atom. The molecule has 11 nitrogen and oxygen atoms in total. The number of aliphatic hydroxyl groups is 2. The lowest BCUT2D eigenvalue weighted by atomic mass is 9.80. The predicted molar refractivity (Wildman–Crippen MR) is 205 cm³/mol. The van der Waals surface area contributed by atoms with E-state index in [9.17, 15) is 15.0 Å². The van der Waals surface area contributed by atoms with Gasteiger partial charge in [0, 0.05) is 0 Å². The van der Waals surface area contributed by atoms with E-state index in [2.05, 4.69) is 0 Å². The Balaban J connectivity index is 1.15. The van der Waals surface area contributed by atoms with Crippen LogP contribution in [0.15, 0.2) is 121 Å². The molecule has 7 rings (SSSR count). The molecule has 0 unspecified atom stereocenters. The van der Waals surface area contributed by atoms with E-state index in [1.807, 2.05) is 135 Å². The molecule has 0 bridgehead atoms. The summed E-state index contributed by atoms with van der Waals surface area (Å²) in [5.41, 5.74) is 1.48. The summed E-state index contributed by atoms with van der Waals surface area (Å²) in [6.07, 6.45) is -9.40. The van der Waals surface area contributed by atoms with Crippen LogP contribution in [0.2, 0.25) is 0 Å². The van der Waals surface area contributed by atoms with Gasteiger partial charge in [0.25, 0.3) is 0 Å². The first kappa shape index (κ1) is 40.2. The molecule has 9 atom stereocenters. The molecule has 0 radical (unpaired) electrons. The molecule has 3 aliphatic rings. The topological polar surface area (TPSA) is 131 Å². The first-order valence-corrected chi connectivity index (χ1v) is 19.2. The van der Waals surface area contributed by atoms with E-state index < -0.39 is 78.1 Å². The van der Waals surface area contributed by atoms with E-state index in [-0.39, 0.29) is 13.2 Å². The summed E-state index contributed by atoms with van der Waals surface area (Å²) in [5, 5.41) is 23.1. The predicted octanol–water partition coefficient (Wildman–Crippen LogP) is 5.88. The number of hydrogen-bond donors (Lipinski definition) is 2. The molecular weight excluding hydrogens is 716 g/mol. The summed E-state index contributed by atoms with van der Waals surface area (Å²) in [7, 11) is 0. The zero-order chi connectivity index (χ0) is 39.5. The molecule has 11 heteroatoms. The molecule has 3 fully saturated rings. The Hall–Kier alpha value is -4.01. The van der Waals surface area contributed by atoms with E-state index in [1.165, 1.54) is 0 Å². The molecule has 56 heavy (non-hydrogen) atoms. The maximum absolute atomic E-state index is 13.3. The van der Waals surface area contributed by atoms with Crippen molar-refractivity contribution in [2.45, 2.75) is 108 Å². The zero-order valence-electron chi connectivity index (χ0n) is 32.4. The van der Waals surface area contributed by atoms with Gasteiger partial charge in [0.05, 0.1) is 25.2 Å². The average Bonchev–Trinajstić information content (AvgIpc) is 3.69. The van der Waals surface area contributed by atoms with Gasteiger partial charge < -0.3 is 48.1 Å². The highest BCUT2D eigenvalue weighted by atomic mass is 16.8. The van der Waals surface area contributed by atoms with E-state index in [0.29, 0.717) is 6.61 Å². The van der Waals surface area contributed by atoms with Gasteiger partial charge in [0.15, 0.2) is 24.5 Å². The van der Waals surface area contributed by atoms with Gasteiger partial charge >= 0.3 is 5.97 Å². The number of carbonyl (C=O) groups is 1. The van der Waals surface area contributed by atoms with Crippen molar-refractivity contribution >= 4 is 5.97 Å². The monoisotopic (exact) mass is 768 g/mol. The van der Waals surface area contributed by atoms with E-state index in [1.54, 1.807) is 20.8 Å². The van der Waals surface area contributed by atoms with Crippen LogP contribution in [0.5, 0.6) is 0 Å². The fourth-order valence-electron chi connectivity index (χ4n) is 7.45. The fourth-order valence-corrected chi connectivity index (χ4v) is 7.45. The van der Waals surface area contributed by atoms with Gasteiger partial charge in [0.2, 0.25) is 0 Å². The number of ether oxygens (including phenoxy) is 8. The molecule has 0 aromatic heterocycles. The molecule has 0 spiro atoms. The minimum atomic E-state index is -1.59. The van der Waals surface area contributed by atoms with Gasteiger partial charge in [-0.2, -0.15) is 0 Å². The number of benzene rings is 4. The second kappa shape index (κ2) is 16.8. The van der Waals surface area contributed by atoms with Gasteiger partial charge in [-0.3, -0.25) is 4.79 Å². The second-order valence-corrected chi connectivity index (χ2v) is 16.0. The highest BCUT2D eigenvalue weighted by molar-refractivity contribution is 5.75. The van der Waals surface area contributed by atoms with Crippen LogP contribution in [0.3, 0.4) is 0 Å². The molecule has 2 N–H and O–H groups in total. The van der Waals surface area contributed by atoms with Crippen molar-refractivity contribution in [2.24, 2.45) is 5.41 Å². The van der Waals surface area contributed by atoms with Crippen molar-refractivity contribution in [3.8, 4) is 0 Å². The molecule has 298 valence electrons. The van der Waals surface area contributed by atoms with Gasteiger partial charge in [0.1, 0.15) is 42.2 Å². The minimum Gasteiger partial charge on any atom is -0.456 e. The van der Waals surface area contributed by atoms with Crippen LogP contribution in [0.25, 0.3) is 0 Å². The summed E-state index contributed by atoms with van der Waals surface area (Å²) in [6, 6.07) is 39.2. The number of hydrogen-bond acceptors (Lipinski definition) is 11.